The fourth-order valence-electron chi connectivity index (χ4n) is 2.80. The normalized spacial score (nSPS) is 18.3. The molecule has 23 heavy (non-hydrogen) atoms. The van der Waals surface area contributed by atoms with E-state index >= 15 is 0 Å². The van der Waals surface area contributed by atoms with Gasteiger partial charge in [-0.05, 0) is 43.0 Å². The van der Waals surface area contributed by atoms with Gasteiger partial charge in [-0.3, -0.25) is 14.5 Å². The minimum absolute atomic E-state index is 0. The lowest BCUT2D eigenvalue weighted by molar-refractivity contribution is -0.145. The summed E-state index contributed by atoms with van der Waals surface area (Å²) in [7, 11) is 0. The maximum atomic E-state index is 12.1. The number of rotatable bonds is 5. The number of nitrogens with one attached hydrogen (secondary N) is 1. The zero-order valence-electron chi connectivity index (χ0n) is 13.6. The Labute approximate surface area is 143 Å². The summed E-state index contributed by atoms with van der Waals surface area (Å²) in [5.41, 5.74) is 1.97. The smallest absolute Gasteiger partial charge is 0.320 e. The molecule has 1 aromatic carbocycles. The standard InChI is InChI=1S/C17H24N2O3.ClH/c1-12(2)13-6-8-14(9-7-13)18-16(20)11-19-10-4-3-5-15(19)17(21)22;/h6-9,12,15H,3-5,10-11H2,1-2H3,(H,18,20)(H,21,22);1H. The lowest BCUT2D eigenvalue weighted by Crippen LogP contribution is -2.47. The molecule has 5 nitrogen and oxygen atoms in total. The van der Waals surface area contributed by atoms with Crippen molar-refractivity contribution in [3.05, 3.63) is 29.8 Å². The van der Waals surface area contributed by atoms with Crippen LogP contribution in [0.5, 0.6) is 0 Å². The molecule has 1 aromatic rings. The van der Waals surface area contributed by atoms with Crippen LogP contribution in [-0.2, 0) is 9.59 Å². The summed E-state index contributed by atoms with van der Waals surface area (Å²) in [6.45, 7) is 5.03. The number of piperidine rings is 1. The minimum Gasteiger partial charge on any atom is -0.480 e. The van der Waals surface area contributed by atoms with Gasteiger partial charge in [0.05, 0.1) is 6.54 Å². The molecule has 1 unspecified atom stereocenters. The number of amides is 1. The Morgan fingerprint density at radius 2 is 1.91 bits per heavy atom. The van der Waals surface area contributed by atoms with Crippen molar-refractivity contribution in [1.82, 2.24) is 4.90 Å². The third kappa shape index (κ3) is 5.52. The number of carbonyl (C=O) groups is 2. The van der Waals surface area contributed by atoms with Gasteiger partial charge in [0.25, 0.3) is 0 Å². The number of anilines is 1. The summed E-state index contributed by atoms with van der Waals surface area (Å²) >= 11 is 0. The average molecular weight is 341 g/mol. The van der Waals surface area contributed by atoms with Crippen molar-refractivity contribution in [2.45, 2.75) is 45.1 Å². The summed E-state index contributed by atoms with van der Waals surface area (Å²) in [6.07, 6.45) is 2.47. The molecule has 1 aliphatic heterocycles. The van der Waals surface area contributed by atoms with Crippen molar-refractivity contribution in [2.75, 3.05) is 18.4 Å². The molecule has 6 heteroatoms. The molecule has 0 radical (unpaired) electrons. The fourth-order valence-corrected chi connectivity index (χ4v) is 2.80. The average Bonchev–Trinajstić information content (AvgIpc) is 2.48. The van der Waals surface area contributed by atoms with E-state index in [4.69, 9.17) is 0 Å². The van der Waals surface area contributed by atoms with Gasteiger partial charge in [0.1, 0.15) is 6.04 Å². The topological polar surface area (TPSA) is 69.6 Å². The van der Waals surface area contributed by atoms with Crippen molar-refractivity contribution >= 4 is 30.0 Å². The molecular weight excluding hydrogens is 316 g/mol. The van der Waals surface area contributed by atoms with E-state index in [1.54, 1.807) is 4.90 Å². The van der Waals surface area contributed by atoms with Gasteiger partial charge in [-0.1, -0.05) is 32.4 Å². The van der Waals surface area contributed by atoms with Gasteiger partial charge in [-0.2, -0.15) is 0 Å². The Morgan fingerprint density at radius 1 is 1.26 bits per heavy atom. The van der Waals surface area contributed by atoms with E-state index < -0.39 is 12.0 Å². The molecule has 1 fully saturated rings. The first-order valence-electron chi connectivity index (χ1n) is 7.84. The van der Waals surface area contributed by atoms with Crippen LogP contribution in [0.2, 0.25) is 0 Å². The maximum absolute atomic E-state index is 12.1. The van der Waals surface area contributed by atoms with Gasteiger partial charge in [-0.25, -0.2) is 0 Å². The van der Waals surface area contributed by atoms with Gasteiger partial charge in [0, 0.05) is 5.69 Å². The van der Waals surface area contributed by atoms with E-state index in [0.717, 1.165) is 18.5 Å². The van der Waals surface area contributed by atoms with Crippen LogP contribution >= 0.6 is 12.4 Å². The van der Waals surface area contributed by atoms with Crippen molar-refractivity contribution < 1.29 is 14.7 Å². The van der Waals surface area contributed by atoms with Crippen molar-refractivity contribution in [1.29, 1.82) is 0 Å². The number of carboxylic acid groups (broad SMARTS) is 1. The Bertz CT molecular complexity index is 531. The highest BCUT2D eigenvalue weighted by Crippen LogP contribution is 2.19. The molecule has 0 aromatic heterocycles. The Kier molecular flexibility index (Phi) is 7.52. The first-order chi connectivity index (χ1) is 10.5. The second-order valence-corrected chi connectivity index (χ2v) is 6.15. The number of benzene rings is 1. The van der Waals surface area contributed by atoms with Crippen LogP contribution in [0.15, 0.2) is 24.3 Å². The fraction of sp³-hybridized carbons (Fsp3) is 0.529. The molecule has 1 aliphatic rings. The molecule has 0 spiro atoms. The molecule has 1 heterocycles. The number of halogens is 1. The Morgan fingerprint density at radius 3 is 2.48 bits per heavy atom. The molecule has 1 atom stereocenters. The van der Waals surface area contributed by atoms with Gasteiger partial charge in [-0.15, -0.1) is 12.4 Å². The van der Waals surface area contributed by atoms with Crippen LogP contribution in [0, 0.1) is 0 Å². The second kappa shape index (κ2) is 8.89. The van der Waals surface area contributed by atoms with Gasteiger partial charge in [0.2, 0.25) is 5.91 Å². The number of hydrogen-bond donors (Lipinski definition) is 2. The number of carboxylic acids is 1. The molecule has 1 saturated heterocycles. The molecule has 1 amide bonds. The third-order valence-electron chi connectivity index (χ3n) is 4.11. The second-order valence-electron chi connectivity index (χ2n) is 6.15. The van der Waals surface area contributed by atoms with E-state index in [-0.39, 0.29) is 24.9 Å². The number of carbonyl (C=O) groups excluding carboxylic acids is 1. The van der Waals surface area contributed by atoms with Crippen LogP contribution in [0.1, 0.15) is 44.6 Å². The van der Waals surface area contributed by atoms with Gasteiger partial charge in [0.15, 0.2) is 0 Å². The van der Waals surface area contributed by atoms with E-state index in [2.05, 4.69) is 19.2 Å². The van der Waals surface area contributed by atoms with Crippen molar-refractivity contribution in [3.63, 3.8) is 0 Å². The summed E-state index contributed by atoms with van der Waals surface area (Å²) in [4.78, 5) is 25.1. The Balaban J connectivity index is 0.00000264. The van der Waals surface area contributed by atoms with E-state index in [0.29, 0.717) is 18.9 Å². The van der Waals surface area contributed by atoms with Crippen molar-refractivity contribution in [3.8, 4) is 0 Å². The summed E-state index contributed by atoms with van der Waals surface area (Å²) in [5, 5.41) is 12.1. The van der Waals surface area contributed by atoms with Crippen LogP contribution in [0.3, 0.4) is 0 Å². The van der Waals surface area contributed by atoms with Crippen LogP contribution in [0.4, 0.5) is 5.69 Å². The quantitative estimate of drug-likeness (QED) is 0.864. The number of nitrogens with zero attached hydrogens (tertiary/aromatic N) is 1. The summed E-state index contributed by atoms with van der Waals surface area (Å²) in [6, 6.07) is 7.24. The lowest BCUT2D eigenvalue weighted by Gasteiger charge is -2.32. The van der Waals surface area contributed by atoms with Gasteiger partial charge < -0.3 is 10.4 Å². The van der Waals surface area contributed by atoms with E-state index in [1.807, 2.05) is 24.3 Å². The van der Waals surface area contributed by atoms with Gasteiger partial charge >= 0.3 is 5.97 Å². The SMILES string of the molecule is CC(C)c1ccc(NC(=O)CN2CCCCC2C(=O)O)cc1.Cl. The third-order valence-corrected chi connectivity index (χ3v) is 4.11. The highest BCUT2D eigenvalue weighted by molar-refractivity contribution is 5.92. The molecule has 2 rings (SSSR count). The first-order valence-corrected chi connectivity index (χ1v) is 7.84. The Hall–Kier alpha value is -1.59. The van der Waals surface area contributed by atoms with Crippen LogP contribution < -0.4 is 5.32 Å². The molecule has 0 bridgehead atoms. The molecule has 128 valence electrons. The summed E-state index contributed by atoms with van der Waals surface area (Å²) in [5.74, 6) is -0.548. The van der Waals surface area contributed by atoms with Crippen LogP contribution in [0.25, 0.3) is 0 Å². The summed E-state index contributed by atoms with van der Waals surface area (Å²) < 4.78 is 0. The minimum atomic E-state index is -0.839. The predicted molar refractivity (Wildman–Crippen MR) is 93.3 cm³/mol. The monoisotopic (exact) mass is 340 g/mol. The predicted octanol–water partition coefficient (Wildman–Crippen LogP) is 3.11. The highest BCUT2D eigenvalue weighted by atomic mass is 35.5. The first kappa shape index (κ1) is 19.5. The zero-order chi connectivity index (χ0) is 16.1. The molecule has 2 N–H and O–H groups in total. The number of likely N-dealkylation sites (tertiary alicyclic amines) is 1. The zero-order valence-corrected chi connectivity index (χ0v) is 14.4. The molecule has 0 aliphatic carbocycles. The van der Waals surface area contributed by atoms with E-state index in [9.17, 15) is 14.7 Å². The lowest BCUT2D eigenvalue weighted by atomic mass is 10.0. The number of aliphatic carboxylic acids is 1. The van der Waals surface area contributed by atoms with Crippen molar-refractivity contribution in [2.24, 2.45) is 0 Å². The highest BCUT2D eigenvalue weighted by Gasteiger charge is 2.29. The van der Waals surface area contributed by atoms with E-state index in [1.165, 1.54) is 5.56 Å². The largest absolute Gasteiger partial charge is 0.480 e. The molecule has 0 saturated carbocycles. The maximum Gasteiger partial charge on any atom is 0.320 e. The number of hydrogen-bond acceptors (Lipinski definition) is 3. The van der Waals surface area contributed by atoms with Crippen LogP contribution in [-0.4, -0.2) is 41.0 Å². The molecular formula is C17H25ClN2O3.